The van der Waals surface area contributed by atoms with Crippen molar-refractivity contribution in [1.29, 1.82) is 5.26 Å². The van der Waals surface area contributed by atoms with Gasteiger partial charge in [-0.05, 0) is 30.3 Å². The molecule has 0 aliphatic heterocycles. The third-order valence-electron chi connectivity index (χ3n) is 3.83. The highest BCUT2D eigenvalue weighted by Crippen LogP contribution is 2.28. The molecule has 2 aromatic carbocycles. The average molecular weight is 379 g/mol. The predicted molar refractivity (Wildman–Crippen MR) is 105 cm³/mol. The maximum atomic E-state index is 12.3. The Morgan fingerprint density at radius 2 is 2.00 bits per heavy atom. The number of aromatic nitrogens is 1. The van der Waals surface area contributed by atoms with Crippen molar-refractivity contribution in [2.45, 2.75) is 5.03 Å². The first-order valence-electron chi connectivity index (χ1n) is 8.09. The van der Waals surface area contributed by atoms with E-state index < -0.39 is 0 Å². The zero-order valence-electron chi connectivity index (χ0n) is 14.9. The summed E-state index contributed by atoms with van der Waals surface area (Å²) in [6.45, 7) is 0. The van der Waals surface area contributed by atoms with Gasteiger partial charge >= 0.3 is 0 Å². The Morgan fingerprint density at radius 3 is 2.74 bits per heavy atom. The average Bonchev–Trinajstić information content (AvgIpc) is 2.71. The molecule has 6 nitrogen and oxygen atoms in total. The molecule has 0 spiro atoms. The van der Waals surface area contributed by atoms with Crippen molar-refractivity contribution in [3.05, 3.63) is 54.1 Å². The van der Waals surface area contributed by atoms with Gasteiger partial charge in [0.25, 0.3) is 0 Å². The highest BCUT2D eigenvalue weighted by Gasteiger charge is 2.12. The molecule has 3 rings (SSSR count). The number of methoxy groups -OCH3 is 2. The Hall–Kier alpha value is -3.24. The van der Waals surface area contributed by atoms with E-state index in [2.05, 4.69) is 16.4 Å². The molecule has 0 aliphatic carbocycles. The molecule has 0 radical (unpaired) electrons. The van der Waals surface area contributed by atoms with Crippen molar-refractivity contribution < 1.29 is 14.3 Å². The summed E-state index contributed by atoms with van der Waals surface area (Å²) < 4.78 is 10.4. The lowest BCUT2D eigenvalue weighted by molar-refractivity contribution is -0.113. The third-order valence-corrected chi connectivity index (χ3v) is 4.82. The van der Waals surface area contributed by atoms with Gasteiger partial charge < -0.3 is 14.8 Å². The van der Waals surface area contributed by atoms with Crippen LogP contribution >= 0.6 is 11.8 Å². The predicted octanol–water partition coefficient (Wildman–Crippen LogP) is 3.85. The number of nitrogens with one attached hydrogen (secondary N) is 1. The van der Waals surface area contributed by atoms with Crippen molar-refractivity contribution in [2.75, 3.05) is 25.3 Å². The largest absolute Gasteiger partial charge is 0.497 e. The van der Waals surface area contributed by atoms with Crippen LogP contribution in [0.3, 0.4) is 0 Å². The molecule has 1 N–H and O–H groups in total. The Balaban J connectivity index is 1.77. The molecule has 27 heavy (non-hydrogen) atoms. The second-order valence-electron chi connectivity index (χ2n) is 5.55. The van der Waals surface area contributed by atoms with Crippen molar-refractivity contribution in [3.63, 3.8) is 0 Å². The van der Waals surface area contributed by atoms with Gasteiger partial charge in [-0.1, -0.05) is 23.9 Å². The first-order valence-corrected chi connectivity index (χ1v) is 9.07. The number of nitrogens with zero attached hydrogens (tertiary/aromatic N) is 2. The van der Waals surface area contributed by atoms with Gasteiger partial charge in [-0.15, -0.1) is 0 Å². The molecule has 136 valence electrons. The van der Waals surface area contributed by atoms with Gasteiger partial charge in [-0.2, -0.15) is 5.26 Å². The first kappa shape index (κ1) is 18.5. The SMILES string of the molecule is COc1ccc2cc(C#N)c(SCC(=O)Nc3ccccc3OC)nc2c1. The van der Waals surface area contributed by atoms with E-state index in [0.717, 1.165) is 5.39 Å². The van der Waals surface area contributed by atoms with Crippen LogP contribution in [0.1, 0.15) is 5.56 Å². The lowest BCUT2D eigenvalue weighted by Gasteiger charge is -2.10. The van der Waals surface area contributed by atoms with Crippen molar-refractivity contribution in [2.24, 2.45) is 0 Å². The van der Waals surface area contributed by atoms with E-state index in [-0.39, 0.29) is 11.7 Å². The Labute approximate surface area is 161 Å². The Kier molecular flexibility index (Phi) is 5.79. The van der Waals surface area contributed by atoms with Crippen LogP contribution in [0.5, 0.6) is 11.5 Å². The number of pyridine rings is 1. The molecule has 1 amide bonds. The van der Waals surface area contributed by atoms with Crippen molar-refractivity contribution in [3.8, 4) is 17.6 Å². The second-order valence-corrected chi connectivity index (χ2v) is 6.51. The maximum Gasteiger partial charge on any atom is 0.234 e. The number of anilines is 1. The molecular weight excluding hydrogens is 362 g/mol. The molecule has 0 fully saturated rings. The zero-order valence-corrected chi connectivity index (χ0v) is 15.7. The van der Waals surface area contributed by atoms with Gasteiger partial charge in [-0.25, -0.2) is 4.98 Å². The Morgan fingerprint density at radius 1 is 1.19 bits per heavy atom. The summed E-state index contributed by atoms with van der Waals surface area (Å²) in [5, 5.41) is 13.6. The number of rotatable bonds is 6. The molecule has 0 aliphatic rings. The van der Waals surface area contributed by atoms with Crippen LogP contribution in [0.2, 0.25) is 0 Å². The van der Waals surface area contributed by atoms with Gasteiger partial charge in [-0.3, -0.25) is 4.79 Å². The van der Waals surface area contributed by atoms with E-state index in [4.69, 9.17) is 9.47 Å². The number of benzene rings is 2. The lowest BCUT2D eigenvalue weighted by atomic mass is 10.1. The molecular formula is C20H17N3O3S. The van der Waals surface area contributed by atoms with Crippen LogP contribution in [0.25, 0.3) is 10.9 Å². The topological polar surface area (TPSA) is 84.2 Å². The summed E-state index contributed by atoms with van der Waals surface area (Å²) >= 11 is 1.21. The van der Waals surface area contributed by atoms with E-state index in [0.29, 0.717) is 33.3 Å². The number of amides is 1. The van der Waals surface area contributed by atoms with Gasteiger partial charge in [0.15, 0.2) is 0 Å². The fourth-order valence-corrected chi connectivity index (χ4v) is 3.28. The molecule has 0 bridgehead atoms. The van der Waals surface area contributed by atoms with E-state index in [1.165, 1.54) is 11.8 Å². The van der Waals surface area contributed by atoms with Crippen LogP contribution in [-0.4, -0.2) is 30.9 Å². The van der Waals surface area contributed by atoms with Crippen molar-refractivity contribution >= 4 is 34.3 Å². The Bertz CT molecular complexity index is 1030. The number of nitriles is 1. The molecule has 7 heteroatoms. The number of thioether (sulfide) groups is 1. The third kappa shape index (κ3) is 4.30. The summed E-state index contributed by atoms with van der Waals surface area (Å²) in [7, 11) is 3.13. The smallest absolute Gasteiger partial charge is 0.234 e. The maximum absolute atomic E-state index is 12.3. The van der Waals surface area contributed by atoms with Crippen molar-refractivity contribution in [1.82, 2.24) is 4.98 Å². The number of ether oxygens (including phenoxy) is 2. The molecule has 3 aromatic rings. The van der Waals surface area contributed by atoms with Crippen LogP contribution in [0.15, 0.2) is 53.6 Å². The minimum absolute atomic E-state index is 0.120. The standard InChI is InChI=1S/C20H17N3O3S/c1-25-15-8-7-13-9-14(11-21)20(23-17(13)10-15)27-12-19(24)22-16-5-3-4-6-18(16)26-2/h3-10H,12H2,1-2H3,(H,22,24). The fraction of sp³-hybridized carbons (Fsp3) is 0.150. The fourth-order valence-electron chi connectivity index (χ4n) is 2.51. The van der Waals surface area contributed by atoms with E-state index in [1.807, 2.05) is 24.3 Å². The molecule has 1 heterocycles. The highest BCUT2D eigenvalue weighted by atomic mass is 32.2. The number of hydrogen-bond donors (Lipinski definition) is 1. The van der Waals surface area contributed by atoms with Crippen LogP contribution < -0.4 is 14.8 Å². The minimum atomic E-state index is -0.207. The van der Waals surface area contributed by atoms with E-state index in [1.54, 1.807) is 38.5 Å². The molecule has 0 saturated heterocycles. The lowest BCUT2D eigenvalue weighted by Crippen LogP contribution is -2.14. The summed E-state index contributed by atoms with van der Waals surface area (Å²) in [6, 6.07) is 16.6. The zero-order chi connectivity index (χ0) is 19.2. The minimum Gasteiger partial charge on any atom is -0.497 e. The number of hydrogen-bond acceptors (Lipinski definition) is 6. The normalized spacial score (nSPS) is 10.3. The van der Waals surface area contributed by atoms with Crippen LogP contribution in [0, 0.1) is 11.3 Å². The quantitative estimate of drug-likeness (QED) is 0.655. The summed E-state index contributed by atoms with van der Waals surface area (Å²) in [4.78, 5) is 16.8. The highest BCUT2D eigenvalue weighted by molar-refractivity contribution is 8.00. The number of carbonyl (C=O) groups is 1. The van der Waals surface area contributed by atoms with Crippen LogP contribution in [0.4, 0.5) is 5.69 Å². The number of para-hydroxylation sites is 2. The second kappa shape index (κ2) is 8.43. The van der Waals surface area contributed by atoms with Gasteiger partial charge in [0.05, 0.1) is 36.7 Å². The van der Waals surface area contributed by atoms with Gasteiger partial charge in [0.1, 0.15) is 22.6 Å². The van der Waals surface area contributed by atoms with Gasteiger partial charge in [0, 0.05) is 11.5 Å². The van der Waals surface area contributed by atoms with Gasteiger partial charge in [0.2, 0.25) is 5.91 Å². The first-order chi connectivity index (χ1) is 13.1. The number of carbonyl (C=O) groups excluding carboxylic acids is 1. The van der Waals surface area contributed by atoms with E-state index >= 15 is 0 Å². The monoisotopic (exact) mass is 379 g/mol. The van der Waals surface area contributed by atoms with E-state index in [9.17, 15) is 10.1 Å². The summed E-state index contributed by atoms with van der Waals surface area (Å²) in [6.07, 6.45) is 0. The molecule has 1 aromatic heterocycles. The molecule has 0 atom stereocenters. The summed E-state index contributed by atoms with van der Waals surface area (Å²) in [5.41, 5.74) is 1.74. The van der Waals surface area contributed by atoms with Crippen LogP contribution in [-0.2, 0) is 4.79 Å². The molecule has 0 unspecified atom stereocenters. The molecule has 0 saturated carbocycles. The summed E-state index contributed by atoms with van der Waals surface area (Å²) in [5.74, 6) is 1.19. The number of fused-ring (bicyclic) bond motifs is 1.